The van der Waals surface area contributed by atoms with Crippen LogP contribution in [0.2, 0.25) is 0 Å². The number of halogens is 2. The van der Waals surface area contributed by atoms with E-state index < -0.39 is 11.6 Å². The highest BCUT2D eigenvalue weighted by Crippen LogP contribution is 2.24. The highest BCUT2D eigenvalue weighted by molar-refractivity contribution is 5.61. The third-order valence-electron chi connectivity index (χ3n) is 3.14. The lowest BCUT2D eigenvalue weighted by Crippen LogP contribution is -2.17. The molecule has 4 nitrogen and oxygen atoms in total. The average Bonchev–Trinajstić information content (AvgIpc) is 2.81. The van der Waals surface area contributed by atoms with Crippen molar-refractivity contribution in [3.8, 4) is 11.3 Å². The lowest BCUT2D eigenvalue weighted by atomic mass is 9.96. The van der Waals surface area contributed by atoms with Crippen LogP contribution in [-0.4, -0.2) is 19.8 Å². The maximum atomic E-state index is 13.9. The summed E-state index contributed by atoms with van der Waals surface area (Å²) >= 11 is 0. The van der Waals surface area contributed by atoms with Gasteiger partial charge in [-0.3, -0.25) is 0 Å². The quantitative estimate of drug-likeness (QED) is 0.689. The first-order valence-corrected chi connectivity index (χ1v) is 6.54. The second-order valence-corrected chi connectivity index (χ2v) is 5.89. The van der Waals surface area contributed by atoms with Crippen LogP contribution < -0.4 is 0 Å². The van der Waals surface area contributed by atoms with Crippen LogP contribution in [0.4, 0.5) is 8.78 Å². The first kappa shape index (κ1) is 13.6. The van der Waals surface area contributed by atoms with Crippen LogP contribution in [0.1, 0.15) is 26.6 Å². The Balaban J connectivity index is 2.20. The van der Waals surface area contributed by atoms with Crippen molar-refractivity contribution in [1.82, 2.24) is 19.8 Å². The largest absolute Gasteiger partial charge is 0.207 e. The molecule has 0 spiro atoms. The van der Waals surface area contributed by atoms with E-state index in [1.165, 1.54) is 12.1 Å². The van der Waals surface area contributed by atoms with Crippen LogP contribution in [0, 0.1) is 11.6 Å². The topological polar surface area (TPSA) is 43.1 Å². The summed E-state index contributed by atoms with van der Waals surface area (Å²) in [5, 5.41) is 12.6. The molecule has 0 bridgehead atoms. The SMILES string of the molecule is CC(C)(C)c1nnc2ccc(-c3ccc(F)cc3F)nn12. The Kier molecular flexibility index (Phi) is 2.97. The Morgan fingerprint density at radius 3 is 2.43 bits per heavy atom. The van der Waals surface area contributed by atoms with Gasteiger partial charge in [-0.05, 0) is 24.3 Å². The summed E-state index contributed by atoms with van der Waals surface area (Å²) < 4.78 is 28.5. The third-order valence-corrected chi connectivity index (χ3v) is 3.14. The molecule has 0 radical (unpaired) electrons. The van der Waals surface area contributed by atoms with E-state index in [1.54, 1.807) is 16.6 Å². The lowest BCUT2D eigenvalue weighted by Gasteiger charge is -2.15. The fourth-order valence-electron chi connectivity index (χ4n) is 2.10. The molecule has 0 saturated heterocycles. The highest BCUT2D eigenvalue weighted by Gasteiger charge is 2.22. The number of hydrogen-bond donors (Lipinski definition) is 0. The van der Waals surface area contributed by atoms with Crippen LogP contribution >= 0.6 is 0 Å². The lowest BCUT2D eigenvalue weighted by molar-refractivity contribution is 0.527. The van der Waals surface area contributed by atoms with Crippen molar-refractivity contribution in [2.24, 2.45) is 0 Å². The van der Waals surface area contributed by atoms with Gasteiger partial charge in [0.15, 0.2) is 11.5 Å². The van der Waals surface area contributed by atoms with Gasteiger partial charge in [0.2, 0.25) is 0 Å². The second-order valence-electron chi connectivity index (χ2n) is 5.89. The standard InChI is InChI=1S/C15H14F2N4/c1-15(2,3)14-19-18-13-7-6-12(20-21(13)14)10-5-4-9(16)8-11(10)17/h4-8H,1-3H3. The van der Waals surface area contributed by atoms with Gasteiger partial charge in [0.05, 0.1) is 5.69 Å². The Hall–Kier alpha value is -2.37. The van der Waals surface area contributed by atoms with E-state index in [9.17, 15) is 8.78 Å². The zero-order valence-electron chi connectivity index (χ0n) is 11.9. The van der Waals surface area contributed by atoms with Crippen LogP contribution in [0.15, 0.2) is 30.3 Å². The van der Waals surface area contributed by atoms with Crippen molar-refractivity contribution in [2.75, 3.05) is 0 Å². The Morgan fingerprint density at radius 2 is 1.76 bits per heavy atom. The minimum atomic E-state index is -0.646. The van der Waals surface area contributed by atoms with E-state index in [1.807, 2.05) is 20.8 Å². The molecular weight excluding hydrogens is 274 g/mol. The molecule has 0 amide bonds. The first-order valence-electron chi connectivity index (χ1n) is 6.54. The van der Waals surface area contributed by atoms with E-state index in [0.29, 0.717) is 17.2 Å². The summed E-state index contributed by atoms with van der Waals surface area (Å²) in [5.41, 5.74) is 0.996. The predicted octanol–water partition coefficient (Wildman–Crippen LogP) is 3.37. The molecule has 0 unspecified atom stereocenters. The molecule has 6 heteroatoms. The maximum Gasteiger partial charge on any atom is 0.177 e. The number of rotatable bonds is 1. The number of benzene rings is 1. The van der Waals surface area contributed by atoms with Gasteiger partial charge in [-0.1, -0.05) is 20.8 Å². The van der Waals surface area contributed by atoms with Gasteiger partial charge in [0.1, 0.15) is 11.6 Å². The highest BCUT2D eigenvalue weighted by atomic mass is 19.1. The van der Waals surface area contributed by atoms with Gasteiger partial charge < -0.3 is 0 Å². The number of nitrogens with zero attached hydrogens (tertiary/aromatic N) is 4. The predicted molar refractivity (Wildman–Crippen MR) is 74.8 cm³/mol. The average molecular weight is 288 g/mol. The van der Waals surface area contributed by atoms with E-state index in [2.05, 4.69) is 15.3 Å². The Morgan fingerprint density at radius 1 is 1.00 bits per heavy atom. The summed E-state index contributed by atoms with van der Waals surface area (Å²) in [6.07, 6.45) is 0. The van der Waals surface area contributed by atoms with Gasteiger partial charge in [0.25, 0.3) is 0 Å². The molecule has 3 aromatic rings. The molecule has 1 aromatic carbocycles. The molecule has 0 aliphatic rings. The molecule has 3 rings (SSSR count). The van der Waals surface area contributed by atoms with E-state index in [-0.39, 0.29) is 11.0 Å². The monoisotopic (exact) mass is 288 g/mol. The molecule has 0 atom stereocenters. The minimum absolute atomic E-state index is 0.242. The number of fused-ring (bicyclic) bond motifs is 1. The smallest absolute Gasteiger partial charge is 0.177 e. The van der Waals surface area contributed by atoms with Crippen molar-refractivity contribution >= 4 is 5.65 Å². The zero-order chi connectivity index (χ0) is 15.2. The van der Waals surface area contributed by atoms with Crippen molar-refractivity contribution < 1.29 is 8.78 Å². The Labute approximate surface area is 120 Å². The molecule has 0 aliphatic heterocycles. The first-order chi connectivity index (χ1) is 9.86. The van der Waals surface area contributed by atoms with Crippen molar-refractivity contribution in [2.45, 2.75) is 26.2 Å². The summed E-state index contributed by atoms with van der Waals surface area (Å²) in [6.45, 7) is 5.99. The molecule has 0 aliphatic carbocycles. The molecule has 2 aromatic heterocycles. The van der Waals surface area contributed by atoms with E-state index in [4.69, 9.17) is 0 Å². The third kappa shape index (κ3) is 2.37. The van der Waals surface area contributed by atoms with Crippen molar-refractivity contribution in [1.29, 1.82) is 0 Å². The van der Waals surface area contributed by atoms with Gasteiger partial charge in [-0.2, -0.15) is 9.61 Å². The molecule has 2 heterocycles. The van der Waals surface area contributed by atoms with Crippen LogP contribution in [0.5, 0.6) is 0 Å². The van der Waals surface area contributed by atoms with Gasteiger partial charge in [-0.25, -0.2) is 8.78 Å². The summed E-state index contributed by atoms with van der Waals surface area (Å²) in [4.78, 5) is 0. The normalized spacial score (nSPS) is 12.0. The molecule has 108 valence electrons. The fraction of sp³-hybridized carbons (Fsp3) is 0.267. The summed E-state index contributed by atoms with van der Waals surface area (Å²) in [5.74, 6) is -0.578. The van der Waals surface area contributed by atoms with Crippen LogP contribution in [-0.2, 0) is 5.41 Å². The molecule has 0 saturated carbocycles. The summed E-state index contributed by atoms with van der Waals surface area (Å²) in [7, 11) is 0. The molecule has 0 fully saturated rings. The van der Waals surface area contributed by atoms with Crippen molar-refractivity contribution in [3.05, 3.63) is 47.8 Å². The second kappa shape index (κ2) is 4.58. The van der Waals surface area contributed by atoms with Gasteiger partial charge in [-0.15, -0.1) is 10.2 Å². The number of hydrogen-bond acceptors (Lipinski definition) is 3. The minimum Gasteiger partial charge on any atom is -0.207 e. The Bertz CT molecular complexity index is 818. The molecular formula is C15H14F2N4. The molecule has 0 N–H and O–H groups in total. The van der Waals surface area contributed by atoms with Crippen LogP contribution in [0.25, 0.3) is 16.9 Å². The summed E-state index contributed by atoms with van der Waals surface area (Å²) in [6, 6.07) is 6.79. The van der Waals surface area contributed by atoms with Crippen molar-refractivity contribution in [3.63, 3.8) is 0 Å². The maximum absolute atomic E-state index is 13.9. The van der Waals surface area contributed by atoms with Gasteiger partial charge >= 0.3 is 0 Å². The zero-order valence-corrected chi connectivity index (χ0v) is 11.9. The van der Waals surface area contributed by atoms with Gasteiger partial charge in [0, 0.05) is 17.0 Å². The molecule has 21 heavy (non-hydrogen) atoms. The van der Waals surface area contributed by atoms with E-state index >= 15 is 0 Å². The fourth-order valence-corrected chi connectivity index (χ4v) is 2.10. The van der Waals surface area contributed by atoms with Crippen LogP contribution in [0.3, 0.4) is 0 Å². The number of aromatic nitrogens is 4. The van der Waals surface area contributed by atoms with E-state index in [0.717, 1.165) is 6.07 Å².